The summed E-state index contributed by atoms with van der Waals surface area (Å²) < 4.78 is 11.9. The van der Waals surface area contributed by atoms with Crippen molar-refractivity contribution in [2.75, 3.05) is 13.7 Å². The van der Waals surface area contributed by atoms with E-state index in [2.05, 4.69) is 21.1 Å². The van der Waals surface area contributed by atoms with Crippen LogP contribution >= 0.6 is 15.9 Å². The van der Waals surface area contributed by atoms with Crippen molar-refractivity contribution in [3.8, 4) is 11.5 Å². The molecule has 0 N–H and O–H groups in total. The average Bonchev–Trinajstić information content (AvgIpc) is 3.01. The summed E-state index contributed by atoms with van der Waals surface area (Å²) in [6.07, 6.45) is 2.63. The van der Waals surface area contributed by atoms with E-state index in [4.69, 9.17) is 14.3 Å². The van der Waals surface area contributed by atoms with Crippen molar-refractivity contribution in [2.45, 2.75) is 13.3 Å². The third-order valence-electron chi connectivity index (χ3n) is 3.76. The predicted octanol–water partition coefficient (Wildman–Crippen LogP) is 4.59. The minimum absolute atomic E-state index is 0.396. The number of carbonyl (C=O) groups excluding carboxylic acids is 1. The highest BCUT2D eigenvalue weighted by atomic mass is 79.9. The van der Waals surface area contributed by atoms with Crippen molar-refractivity contribution >= 4 is 33.7 Å². The van der Waals surface area contributed by atoms with Gasteiger partial charge in [-0.2, -0.15) is 0 Å². The van der Waals surface area contributed by atoms with E-state index >= 15 is 0 Å². The van der Waals surface area contributed by atoms with Gasteiger partial charge in [0.2, 0.25) is 0 Å². The Bertz CT molecular complexity index is 875. The fourth-order valence-corrected chi connectivity index (χ4v) is 3.12. The van der Waals surface area contributed by atoms with Crippen LogP contribution in [0.2, 0.25) is 0 Å². The standard InChI is InChI=1S/C20H18BrNO4/c1-3-9-25-19-16(21)11-13(12-17(19)24-2)10-15-18(22-26-20(15)23)14-7-5-4-6-8-14/h4-8,10-12H,3,9H2,1-2H3/b15-10-. The summed E-state index contributed by atoms with van der Waals surface area (Å²) in [7, 11) is 1.58. The molecule has 0 saturated carbocycles. The van der Waals surface area contributed by atoms with Crippen LogP contribution < -0.4 is 9.47 Å². The molecule has 1 heterocycles. The Morgan fingerprint density at radius 1 is 1.23 bits per heavy atom. The van der Waals surface area contributed by atoms with Crippen LogP contribution in [0.25, 0.3) is 6.08 Å². The summed E-state index contributed by atoms with van der Waals surface area (Å²) >= 11 is 3.51. The molecule has 5 nitrogen and oxygen atoms in total. The fourth-order valence-electron chi connectivity index (χ4n) is 2.55. The molecule has 0 fully saturated rings. The zero-order chi connectivity index (χ0) is 18.5. The molecule has 0 amide bonds. The first-order valence-electron chi connectivity index (χ1n) is 8.21. The highest BCUT2D eigenvalue weighted by molar-refractivity contribution is 9.10. The maximum atomic E-state index is 12.1. The van der Waals surface area contributed by atoms with Gasteiger partial charge in [-0.15, -0.1) is 0 Å². The molecule has 3 rings (SSSR count). The van der Waals surface area contributed by atoms with Crippen molar-refractivity contribution in [1.82, 2.24) is 0 Å². The first-order valence-corrected chi connectivity index (χ1v) is 9.00. The molecule has 2 aromatic rings. The van der Waals surface area contributed by atoms with Gasteiger partial charge in [-0.3, -0.25) is 0 Å². The third kappa shape index (κ3) is 3.80. The first kappa shape index (κ1) is 18.2. The molecule has 0 radical (unpaired) electrons. The second-order valence-electron chi connectivity index (χ2n) is 5.63. The quantitative estimate of drug-likeness (QED) is 0.511. The molecule has 1 aliphatic heterocycles. The van der Waals surface area contributed by atoms with E-state index < -0.39 is 5.97 Å². The Hall–Kier alpha value is -2.60. The molecule has 0 bridgehead atoms. The van der Waals surface area contributed by atoms with E-state index in [1.165, 1.54) is 0 Å². The van der Waals surface area contributed by atoms with Crippen LogP contribution in [0.1, 0.15) is 24.5 Å². The maximum absolute atomic E-state index is 12.1. The van der Waals surface area contributed by atoms with Crippen LogP contribution in [0.15, 0.2) is 57.7 Å². The van der Waals surface area contributed by atoms with Gasteiger partial charge in [0.15, 0.2) is 11.5 Å². The Morgan fingerprint density at radius 3 is 2.69 bits per heavy atom. The van der Waals surface area contributed by atoms with Crippen molar-refractivity contribution in [2.24, 2.45) is 5.16 Å². The number of ether oxygens (including phenoxy) is 2. The summed E-state index contributed by atoms with van der Waals surface area (Å²) in [4.78, 5) is 17.0. The van der Waals surface area contributed by atoms with Gasteiger partial charge in [-0.1, -0.05) is 42.4 Å². The van der Waals surface area contributed by atoms with Crippen LogP contribution in [-0.4, -0.2) is 25.4 Å². The van der Waals surface area contributed by atoms with Gasteiger partial charge in [0.05, 0.1) is 23.8 Å². The summed E-state index contributed by atoms with van der Waals surface area (Å²) in [5.41, 5.74) is 2.50. The highest BCUT2D eigenvalue weighted by Crippen LogP contribution is 2.37. The Morgan fingerprint density at radius 2 is 2.00 bits per heavy atom. The van der Waals surface area contributed by atoms with E-state index in [0.29, 0.717) is 29.4 Å². The number of hydrogen-bond donors (Lipinski definition) is 0. The second-order valence-corrected chi connectivity index (χ2v) is 6.48. The van der Waals surface area contributed by atoms with E-state index in [-0.39, 0.29) is 0 Å². The lowest BCUT2D eigenvalue weighted by Crippen LogP contribution is -2.06. The Labute approximate surface area is 160 Å². The molecule has 0 unspecified atom stereocenters. The number of carbonyl (C=O) groups is 1. The smallest absolute Gasteiger partial charge is 0.368 e. The molecule has 1 aliphatic rings. The third-order valence-corrected chi connectivity index (χ3v) is 4.34. The molecule has 0 aliphatic carbocycles. The van der Waals surface area contributed by atoms with Gasteiger partial charge < -0.3 is 14.3 Å². The van der Waals surface area contributed by atoms with Crippen molar-refractivity contribution in [3.63, 3.8) is 0 Å². The van der Waals surface area contributed by atoms with Crippen LogP contribution in [0.5, 0.6) is 11.5 Å². The molecule has 6 heteroatoms. The Kier molecular flexibility index (Phi) is 5.73. The number of rotatable bonds is 6. The van der Waals surface area contributed by atoms with E-state index in [1.807, 2.05) is 49.4 Å². The molecular weight excluding hydrogens is 398 g/mol. The number of methoxy groups -OCH3 is 1. The number of benzene rings is 2. The largest absolute Gasteiger partial charge is 0.493 e. The minimum Gasteiger partial charge on any atom is -0.493 e. The minimum atomic E-state index is -0.481. The normalized spacial score (nSPS) is 15.0. The van der Waals surface area contributed by atoms with Crippen molar-refractivity contribution in [3.05, 3.63) is 63.6 Å². The summed E-state index contributed by atoms with van der Waals surface area (Å²) in [6.45, 7) is 2.63. The van der Waals surface area contributed by atoms with Gasteiger partial charge in [0.1, 0.15) is 5.71 Å². The molecule has 26 heavy (non-hydrogen) atoms. The molecule has 2 aromatic carbocycles. The van der Waals surface area contributed by atoms with Crippen LogP contribution in [0.4, 0.5) is 0 Å². The van der Waals surface area contributed by atoms with Crippen LogP contribution in [-0.2, 0) is 9.63 Å². The van der Waals surface area contributed by atoms with E-state index in [9.17, 15) is 4.79 Å². The molecule has 0 atom stereocenters. The van der Waals surface area contributed by atoms with Gasteiger partial charge in [0, 0.05) is 5.56 Å². The Balaban J connectivity index is 1.99. The van der Waals surface area contributed by atoms with Crippen LogP contribution in [0.3, 0.4) is 0 Å². The highest BCUT2D eigenvalue weighted by Gasteiger charge is 2.27. The zero-order valence-electron chi connectivity index (χ0n) is 14.5. The van der Waals surface area contributed by atoms with Gasteiger partial charge >= 0.3 is 5.97 Å². The van der Waals surface area contributed by atoms with Gasteiger partial charge in [-0.05, 0) is 46.1 Å². The number of oxime groups is 1. The summed E-state index contributed by atoms with van der Waals surface area (Å²) in [6, 6.07) is 13.1. The first-order chi connectivity index (χ1) is 12.6. The second kappa shape index (κ2) is 8.19. The maximum Gasteiger partial charge on any atom is 0.368 e. The fraction of sp³-hybridized carbons (Fsp3) is 0.200. The molecule has 0 aromatic heterocycles. The summed E-state index contributed by atoms with van der Waals surface area (Å²) in [5, 5.41) is 3.92. The lowest BCUT2D eigenvalue weighted by atomic mass is 10.0. The molecular formula is C20H18BrNO4. The lowest BCUT2D eigenvalue weighted by Gasteiger charge is -2.13. The number of halogens is 1. The van der Waals surface area contributed by atoms with E-state index in [1.54, 1.807) is 13.2 Å². The summed E-state index contributed by atoms with van der Waals surface area (Å²) in [5.74, 6) is 0.747. The topological polar surface area (TPSA) is 57.1 Å². The van der Waals surface area contributed by atoms with Crippen molar-refractivity contribution < 1.29 is 19.1 Å². The SMILES string of the molecule is CCCOc1c(Br)cc(/C=C2\C(=O)ON=C2c2ccccc2)cc1OC. The monoisotopic (exact) mass is 415 g/mol. The predicted molar refractivity (Wildman–Crippen MR) is 104 cm³/mol. The number of hydrogen-bond acceptors (Lipinski definition) is 5. The lowest BCUT2D eigenvalue weighted by molar-refractivity contribution is -0.136. The molecule has 134 valence electrons. The van der Waals surface area contributed by atoms with E-state index in [0.717, 1.165) is 22.0 Å². The van der Waals surface area contributed by atoms with Crippen LogP contribution in [0, 0.1) is 0 Å². The van der Waals surface area contributed by atoms with Gasteiger partial charge in [-0.25, -0.2) is 4.79 Å². The van der Waals surface area contributed by atoms with Crippen molar-refractivity contribution in [1.29, 1.82) is 0 Å². The average molecular weight is 416 g/mol. The molecule has 0 saturated heterocycles. The number of nitrogens with zero attached hydrogens (tertiary/aromatic N) is 1. The zero-order valence-corrected chi connectivity index (χ0v) is 16.1. The van der Waals surface area contributed by atoms with Gasteiger partial charge in [0.25, 0.3) is 0 Å². The molecule has 0 spiro atoms.